The zero-order chi connectivity index (χ0) is 81.0. The van der Waals surface area contributed by atoms with Gasteiger partial charge in [0, 0.05) is 72.3 Å². The van der Waals surface area contributed by atoms with Crippen LogP contribution in [-0.2, 0) is 0 Å². The number of rotatable bonds is 11. The van der Waals surface area contributed by atoms with Gasteiger partial charge in [0.15, 0.2) is 12.0 Å². The molecule has 5 aromatic heterocycles. The Morgan fingerprint density at radius 3 is 1.17 bits per heavy atom. The van der Waals surface area contributed by atoms with Crippen molar-refractivity contribution in [2.75, 3.05) is 0 Å². The summed E-state index contributed by atoms with van der Waals surface area (Å²) in [5, 5.41) is 27.0. The smallest absolute Gasteiger partial charge is 0.868 e. The summed E-state index contributed by atoms with van der Waals surface area (Å²) in [6.07, 6.45) is 1.75. The minimum Gasteiger partial charge on any atom is -0.868 e. The third-order valence-corrected chi connectivity index (χ3v) is 23.7. The quantitative estimate of drug-likeness (QED) is 0.0953. The van der Waals surface area contributed by atoms with Gasteiger partial charge in [0.1, 0.15) is 5.82 Å². The van der Waals surface area contributed by atoms with E-state index in [1.807, 2.05) is 48.5 Å². The molecule has 0 atom stereocenters. The predicted molar refractivity (Wildman–Crippen MR) is 505 cm³/mol. The van der Waals surface area contributed by atoms with Gasteiger partial charge in [0.2, 0.25) is 5.52 Å². The van der Waals surface area contributed by atoms with Crippen LogP contribution in [0.15, 0.2) is 449 Å². The third-order valence-electron chi connectivity index (χ3n) is 23.7. The van der Waals surface area contributed by atoms with Crippen molar-refractivity contribution >= 4 is 109 Å². The average molecular weight is 1570 g/mol. The Balaban J connectivity index is 0.000000133. The number of fused-ring (bicyclic) bond motifs is 12. The summed E-state index contributed by atoms with van der Waals surface area (Å²) in [5.74, 6) is 1.67. The molecular formula is C114H75LiN7O+. The molecule has 9 heteroatoms. The Kier molecular flexibility index (Phi) is 19.5. The van der Waals surface area contributed by atoms with Gasteiger partial charge in [-0.1, -0.05) is 334 Å². The number of H-pyrrole nitrogens is 1. The van der Waals surface area contributed by atoms with Crippen LogP contribution in [0.1, 0.15) is 0 Å². The van der Waals surface area contributed by atoms with E-state index < -0.39 is 0 Å². The largest absolute Gasteiger partial charge is 1.00 e. The van der Waals surface area contributed by atoms with E-state index in [2.05, 4.69) is 401 Å². The van der Waals surface area contributed by atoms with Crippen molar-refractivity contribution in [3.63, 3.8) is 0 Å². The van der Waals surface area contributed by atoms with E-state index in [9.17, 15) is 5.11 Å². The Hall–Kier alpha value is -15.8. The first-order chi connectivity index (χ1) is 60.4. The molecule has 1 N–H and O–H groups in total. The molecule has 0 aliphatic carbocycles. The van der Waals surface area contributed by atoms with Gasteiger partial charge in [-0.2, -0.15) is 0 Å². The maximum Gasteiger partial charge on any atom is 1.00 e. The number of imidazole rings is 1. The number of aromatic nitrogens is 7. The normalized spacial score (nSPS) is 11.4. The van der Waals surface area contributed by atoms with Crippen molar-refractivity contribution in [3.8, 4) is 113 Å². The molecule has 0 spiro atoms. The second kappa shape index (κ2) is 32.1. The third kappa shape index (κ3) is 13.9. The first kappa shape index (κ1) is 74.7. The van der Waals surface area contributed by atoms with Crippen LogP contribution in [0, 0.1) is 0 Å². The molecule has 24 aromatic rings. The second-order valence-corrected chi connectivity index (χ2v) is 31.0. The zero-order valence-corrected chi connectivity index (χ0v) is 67.3. The van der Waals surface area contributed by atoms with Gasteiger partial charge in [-0.05, 0) is 196 Å². The van der Waals surface area contributed by atoms with Crippen molar-refractivity contribution in [1.82, 2.24) is 28.7 Å². The molecule has 5 heterocycles. The average Bonchev–Trinajstić information content (AvgIpc) is 1.48. The van der Waals surface area contributed by atoms with Crippen LogP contribution in [0.25, 0.3) is 215 Å². The number of para-hydroxylation sites is 7. The Bertz CT molecular complexity index is 7900. The van der Waals surface area contributed by atoms with E-state index in [4.69, 9.17) is 15.0 Å². The number of hydrogen-bond donors (Lipinski definition) is 0. The van der Waals surface area contributed by atoms with E-state index in [1.54, 1.807) is 18.3 Å². The molecule has 0 saturated carbocycles. The molecule has 0 unspecified atom stereocenters. The first-order valence-corrected chi connectivity index (χ1v) is 41.3. The topological polar surface area (TPSA) is 90.7 Å². The fraction of sp³-hybridized carbons (Fsp3) is 0. The van der Waals surface area contributed by atoms with E-state index in [1.165, 1.54) is 109 Å². The molecule has 123 heavy (non-hydrogen) atoms. The van der Waals surface area contributed by atoms with Crippen LogP contribution in [0.5, 0.6) is 5.75 Å². The standard InChI is InChI=1S/C53H34N2.C52H34N4.C9H7NO.Li/c1-2-14-38(15-3-1)53-54-49-20-10-11-21-50(49)55(53)44-29-26-37(27-30-44)41-28-31-47-48(34-41)52(43-25-23-36-13-5-7-17-40(36)33-43)46-19-9-8-18-45(46)51(47)42-24-22-35-12-4-6-16-39(35)32-42;1-3-15-35(16-4-1)36-27-29-37(30-28-36)46-34-47(54-52(53-46)38-17-5-2-6-18-38)39-31-40(55-48-23-11-7-19-42(48)43-20-8-12-24-49(43)55)33-41(32-39)56-50-25-13-9-21-44(50)45-22-10-14-26-51(45)56;11-8-5-1-3-7-4-2-6-10-9(7)8;/h1-34H;1-34H;1-6,11H;/q;;;+1. The maximum atomic E-state index is 11.1. The van der Waals surface area contributed by atoms with Crippen molar-refractivity contribution < 1.29 is 29.0 Å². The summed E-state index contributed by atoms with van der Waals surface area (Å²) in [4.78, 5) is 18.5. The summed E-state index contributed by atoms with van der Waals surface area (Å²) in [6.45, 7) is 0. The van der Waals surface area contributed by atoms with Crippen LogP contribution in [0.2, 0.25) is 0 Å². The molecule has 19 aromatic carbocycles. The van der Waals surface area contributed by atoms with Gasteiger partial charge in [-0.15, -0.1) is 0 Å². The van der Waals surface area contributed by atoms with Crippen molar-refractivity contribution in [2.45, 2.75) is 0 Å². The monoisotopic (exact) mass is 1560 g/mol. The Morgan fingerprint density at radius 2 is 0.618 bits per heavy atom. The van der Waals surface area contributed by atoms with Crippen molar-refractivity contribution in [3.05, 3.63) is 449 Å². The molecule has 0 aliphatic heterocycles. The molecule has 0 aliphatic rings. The molecule has 24 rings (SSSR count). The van der Waals surface area contributed by atoms with Crippen LogP contribution < -0.4 is 29.0 Å². The first-order valence-electron chi connectivity index (χ1n) is 41.3. The summed E-state index contributed by atoms with van der Waals surface area (Å²) < 4.78 is 7.07. The molecule has 0 bridgehead atoms. The maximum absolute atomic E-state index is 11.1. The number of nitrogens with zero attached hydrogens (tertiary/aromatic N) is 6. The van der Waals surface area contributed by atoms with Gasteiger partial charge in [0.05, 0.1) is 44.5 Å². The molecule has 0 amide bonds. The van der Waals surface area contributed by atoms with Crippen LogP contribution in [0.4, 0.5) is 0 Å². The number of pyridine rings is 1. The van der Waals surface area contributed by atoms with Crippen molar-refractivity contribution in [2.24, 2.45) is 0 Å². The SMILES string of the molecule is [Li+].[O-]c1cccc2ccc[nH+]c12.c1ccc(-c2ccc(-c3cc(-c4cc(-n5c6ccccc6c6ccccc65)cc(-n5c6ccccc6c6ccccc65)c4)nc(-c4ccccc4)n3)cc2)cc1.c1ccc(-c2nc3ccccc3n2-c2ccc(-c3ccc4c(-c5ccc6ccccc6c5)c5ccccc5c(-c5ccc6ccccc6c5)c4c3)cc2)cc1. The van der Waals surface area contributed by atoms with Crippen LogP contribution in [-0.4, -0.2) is 28.7 Å². The predicted octanol–water partition coefficient (Wildman–Crippen LogP) is 25.4. The summed E-state index contributed by atoms with van der Waals surface area (Å²) in [6, 6.07) is 157. The molecule has 0 saturated heterocycles. The molecular weight excluding hydrogens is 1490 g/mol. The van der Waals surface area contributed by atoms with Crippen LogP contribution >= 0.6 is 0 Å². The molecule has 0 fully saturated rings. The van der Waals surface area contributed by atoms with Crippen LogP contribution in [0.3, 0.4) is 0 Å². The van der Waals surface area contributed by atoms with Gasteiger partial charge in [-0.25, -0.2) is 19.9 Å². The summed E-state index contributed by atoms with van der Waals surface area (Å²) >= 11 is 0. The Labute approximate surface area is 722 Å². The minimum atomic E-state index is 0. The molecule has 8 nitrogen and oxygen atoms in total. The van der Waals surface area contributed by atoms with Gasteiger partial charge in [0.25, 0.3) is 0 Å². The van der Waals surface area contributed by atoms with E-state index in [0.29, 0.717) is 11.3 Å². The van der Waals surface area contributed by atoms with E-state index in [-0.39, 0.29) is 24.6 Å². The van der Waals surface area contributed by atoms with Gasteiger partial charge in [-0.3, -0.25) is 4.57 Å². The molecule has 0 radical (unpaired) electrons. The van der Waals surface area contributed by atoms with Gasteiger partial charge < -0.3 is 14.2 Å². The number of benzene rings is 19. The van der Waals surface area contributed by atoms with E-state index in [0.717, 1.165) is 95.0 Å². The van der Waals surface area contributed by atoms with Gasteiger partial charge >= 0.3 is 18.9 Å². The number of hydrogen-bond acceptors (Lipinski definition) is 4. The fourth-order valence-electron chi connectivity index (χ4n) is 18.0. The second-order valence-electron chi connectivity index (χ2n) is 31.0. The Morgan fingerprint density at radius 1 is 0.220 bits per heavy atom. The fourth-order valence-corrected chi connectivity index (χ4v) is 18.0. The minimum absolute atomic E-state index is 0. The summed E-state index contributed by atoms with van der Waals surface area (Å²) in [5.41, 5.74) is 26.1. The van der Waals surface area contributed by atoms with E-state index >= 15 is 0 Å². The molecule has 572 valence electrons. The number of nitrogens with one attached hydrogen (secondary N) is 1. The zero-order valence-electron chi connectivity index (χ0n) is 67.3. The van der Waals surface area contributed by atoms with Crippen molar-refractivity contribution in [1.29, 1.82) is 0 Å². The number of aromatic amines is 1. The summed E-state index contributed by atoms with van der Waals surface area (Å²) in [7, 11) is 0.